The van der Waals surface area contributed by atoms with E-state index in [4.69, 9.17) is 0 Å². The summed E-state index contributed by atoms with van der Waals surface area (Å²) in [7, 11) is 0. The van der Waals surface area contributed by atoms with Crippen molar-refractivity contribution in [3.8, 4) is 55.9 Å². The molecular weight excluding hydrogens is 1510 g/mol. The standard InChI is InChI=1S/C60H49FN2.C58H45FN2/c1-59(2,3)49-37-52(63(42-27-17-10-18-28-42)57-48(39-23-13-8-14-24-39)35-40(36-50(57)61)38-21-11-7-12-22-38)45-32-34-47-54-46(33-31-43(49)53(45)54)55-44-29-19-20-30-51(44)62(41-25-15-9-16-26-41)58(55)56(47)60(4,5)6;1-36-33-52(47-31-30-45-37(2)56-55(48-32-29-44(36)53(47)54(45)48)46-23-15-16-24-51(46)60(56)42-21-13-8-14-22-42)61(43-27-25-41(26-28-43)58(3,4)5)57-49(39-19-11-7-12-20-39)34-40(35-50(57)59)38-17-9-6-10-18-38/h7-37H,1-6H3;6-35H,1-5H3. The first-order chi connectivity index (χ1) is 60.2. The Morgan fingerprint density at radius 1 is 0.258 bits per heavy atom. The third-order valence-electron chi connectivity index (χ3n) is 25.8. The van der Waals surface area contributed by atoms with Gasteiger partial charge in [-0.05, 0) is 242 Å². The molecule has 4 nitrogen and oxygen atoms in total. The molecule has 22 aromatic rings. The summed E-state index contributed by atoms with van der Waals surface area (Å²) in [5.74, 6) is -0.567. The van der Waals surface area contributed by atoms with Crippen LogP contribution in [0.25, 0.3) is 164 Å². The normalized spacial score (nSPS) is 12.2. The maximum atomic E-state index is 17.8. The number of aromatic nitrogens is 2. The molecule has 0 unspecified atom stereocenters. The van der Waals surface area contributed by atoms with Crippen molar-refractivity contribution in [1.82, 2.24) is 9.13 Å². The van der Waals surface area contributed by atoms with Gasteiger partial charge in [-0.25, -0.2) is 8.78 Å². The minimum Gasteiger partial charge on any atom is -0.309 e. The highest BCUT2D eigenvalue weighted by Crippen LogP contribution is 2.57. The molecule has 0 radical (unpaired) electrons. The van der Waals surface area contributed by atoms with E-state index in [0.717, 1.165) is 95.0 Å². The summed E-state index contributed by atoms with van der Waals surface area (Å²) in [5, 5.41) is 19.4. The molecule has 124 heavy (non-hydrogen) atoms. The van der Waals surface area contributed by atoms with E-state index in [-0.39, 0.29) is 27.9 Å². The van der Waals surface area contributed by atoms with Gasteiger partial charge in [0.15, 0.2) is 0 Å². The Hall–Kier alpha value is -14.5. The van der Waals surface area contributed by atoms with Crippen LogP contribution in [0.3, 0.4) is 0 Å². The van der Waals surface area contributed by atoms with E-state index >= 15 is 8.78 Å². The van der Waals surface area contributed by atoms with E-state index in [1.54, 1.807) is 12.1 Å². The van der Waals surface area contributed by atoms with E-state index in [1.165, 1.54) is 120 Å². The molecule has 20 aromatic carbocycles. The molecule has 0 amide bonds. The van der Waals surface area contributed by atoms with Gasteiger partial charge in [0.25, 0.3) is 0 Å². The van der Waals surface area contributed by atoms with Crippen LogP contribution in [0.15, 0.2) is 370 Å². The fraction of sp³-hybridized carbons (Fsp3) is 0.119. The van der Waals surface area contributed by atoms with Gasteiger partial charge in [0, 0.05) is 66.2 Å². The van der Waals surface area contributed by atoms with Crippen LogP contribution in [0.1, 0.15) is 90.1 Å². The van der Waals surface area contributed by atoms with Crippen molar-refractivity contribution in [2.75, 3.05) is 9.80 Å². The zero-order valence-corrected chi connectivity index (χ0v) is 71.8. The predicted octanol–water partition coefficient (Wildman–Crippen LogP) is 33.8. The second-order valence-corrected chi connectivity index (χ2v) is 36.6. The number of anilines is 6. The molecule has 2 aromatic heterocycles. The average molecular weight is 1610 g/mol. The number of halogens is 2. The summed E-state index contributed by atoms with van der Waals surface area (Å²) in [6, 6.07) is 130. The number of hydrogen-bond donors (Lipinski definition) is 0. The molecule has 0 aliphatic rings. The molecule has 0 saturated carbocycles. The zero-order valence-electron chi connectivity index (χ0n) is 71.8. The molecule has 0 saturated heterocycles. The molecule has 6 heteroatoms. The lowest BCUT2D eigenvalue weighted by molar-refractivity contribution is 0.590. The summed E-state index contributed by atoms with van der Waals surface area (Å²) in [6.07, 6.45) is 0. The molecule has 22 rings (SSSR count). The minimum atomic E-state index is -0.285. The van der Waals surface area contributed by atoms with E-state index in [9.17, 15) is 0 Å². The van der Waals surface area contributed by atoms with Crippen LogP contribution < -0.4 is 9.80 Å². The van der Waals surface area contributed by atoms with Gasteiger partial charge in [0.2, 0.25) is 0 Å². The van der Waals surface area contributed by atoms with Crippen LogP contribution in [-0.2, 0) is 16.2 Å². The van der Waals surface area contributed by atoms with Crippen molar-refractivity contribution in [3.63, 3.8) is 0 Å². The Balaban J connectivity index is 0.000000152. The van der Waals surface area contributed by atoms with Crippen LogP contribution in [0, 0.1) is 25.5 Å². The van der Waals surface area contributed by atoms with E-state index in [2.05, 4.69) is 362 Å². The first-order valence-electron chi connectivity index (χ1n) is 43.3. The predicted molar refractivity (Wildman–Crippen MR) is 526 cm³/mol. The number of rotatable bonds is 12. The van der Waals surface area contributed by atoms with Gasteiger partial charge >= 0.3 is 0 Å². The third-order valence-corrected chi connectivity index (χ3v) is 25.8. The number of para-hydroxylation sites is 5. The summed E-state index contributed by atoms with van der Waals surface area (Å²) in [5.41, 5.74) is 24.6. The lowest BCUT2D eigenvalue weighted by atomic mass is 9.76. The Morgan fingerprint density at radius 3 is 1.10 bits per heavy atom. The summed E-state index contributed by atoms with van der Waals surface area (Å²) in [4.78, 5) is 4.37. The van der Waals surface area contributed by atoms with Crippen LogP contribution in [0.4, 0.5) is 42.9 Å². The smallest absolute Gasteiger partial charge is 0.148 e. The molecule has 0 aliphatic heterocycles. The second-order valence-electron chi connectivity index (χ2n) is 36.6. The topological polar surface area (TPSA) is 16.3 Å². The van der Waals surface area contributed by atoms with Crippen LogP contribution >= 0.6 is 0 Å². The Kier molecular flexibility index (Phi) is 18.4. The maximum absolute atomic E-state index is 17.8. The average Bonchev–Trinajstić information content (AvgIpc) is 1.43. The molecule has 0 atom stereocenters. The number of benzene rings is 20. The molecule has 0 aliphatic carbocycles. The summed E-state index contributed by atoms with van der Waals surface area (Å²) in [6.45, 7) is 25.1. The lowest BCUT2D eigenvalue weighted by Crippen LogP contribution is -2.18. The first kappa shape index (κ1) is 76.9. The van der Waals surface area contributed by atoms with Gasteiger partial charge in [-0.1, -0.05) is 335 Å². The zero-order chi connectivity index (χ0) is 84.8. The monoisotopic (exact) mass is 1600 g/mol. The maximum Gasteiger partial charge on any atom is 0.148 e. The van der Waals surface area contributed by atoms with Crippen molar-refractivity contribution in [2.45, 2.75) is 92.4 Å². The fourth-order valence-corrected chi connectivity index (χ4v) is 20.3. The largest absolute Gasteiger partial charge is 0.309 e. The number of nitrogens with zero attached hydrogens (tertiary/aromatic N) is 4. The van der Waals surface area contributed by atoms with Crippen molar-refractivity contribution in [1.29, 1.82) is 0 Å². The van der Waals surface area contributed by atoms with E-state index in [1.807, 2.05) is 91.0 Å². The minimum absolute atomic E-state index is 0.0441. The fourth-order valence-electron chi connectivity index (χ4n) is 20.3. The van der Waals surface area contributed by atoms with Crippen LogP contribution in [-0.4, -0.2) is 9.13 Å². The second kappa shape index (κ2) is 29.7. The Morgan fingerprint density at radius 2 is 0.621 bits per heavy atom. The number of hydrogen-bond acceptors (Lipinski definition) is 2. The van der Waals surface area contributed by atoms with Gasteiger partial charge in [-0.2, -0.15) is 0 Å². The highest BCUT2D eigenvalue weighted by atomic mass is 19.1. The van der Waals surface area contributed by atoms with Gasteiger partial charge in [0.05, 0.1) is 44.8 Å². The lowest BCUT2D eigenvalue weighted by Gasteiger charge is -2.33. The molecule has 0 bridgehead atoms. The molecule has 0 N–H and O–H groups in total. The highest BCUT2D eigenvalue weighted by molar-refractivity contribution is 6.38. The quantitative estimate of drug-likeness (QED) is 0.113. The van der Waals surface area contributed by atoms with Gasteiger partial charge < -0.3 is 18.9 Å². The molecule has 2 heterocycles. The molecule has 0 fully saturated rings. The van der Waals surface area contributed by atoms with Crippen LogP contribution in [0.5, 0.6) is 0 Å². The van der Waals surface area contributed by atoms with Crippen molar-refractivity contribution in [2.24, 2.45) is 0 Å². The highest BCUT2D eigenvalue weighted by Gasteiger charge is 2.35. The van der Waals surface area contributed by atoms with Crippen LogP contribution in [0.2, 0.25) is 0 Å². The van der Waals surface area contributed by atoms with Gasteiger partial charge in [0.1, 0.15) is 11.6 Å². The molecule has 0 spiro atoms. The molecule has 600 valence electrons. The van der Waals surface area contributed by atoms with E-state index in [0.29, 0.717) is 11.4 Å². The van der Waals surface area contributed by atoms with Crippen molar-refractivity contribution in [3.05, 3.63) is 410 Å². The van der Waals surface area contributed by atoms with Crippen molar-refractivity contribution >= 4 is 142 Å². The van der Waals surface area contributed by atoms with Gasteiger partial charge in [-0.3, -0.25) is 0 Å². The molecular formula is C118H94F2N4. The Bertz CT molecular complexity index is 7890. The SMILES string of the molecule is CC(C)(C)c1cc(N(c2ccccc2)c2c(F)cc(-c3ccccc3)cc2-c2ccccc2)c2ccc3c(C(C)(C)C)c4c(c5ccc1c2c35)c1ccccc1n4-c1ccccc1.Cc1cc(N(c2ccc(C(C)(C)C)cc2)c2c(F)cc(-c3ccccc3)cc2-c2ccccc2)c2ccc3c(C)c4c(c5ccc1c2c35)c1ccccc1n4-c1ccccc1. The number of fused-ring (bicyclic) bond motifs is 8. The Labute approximate surface area is 723 Å². The summed E-state index contributed by atoms with van der Waals surface area (Å²) < 4.78 is 40.5. The third kappa shape index (κ3) is 12.6. The first-order valence-corrected chi connectivity index (χ1v) is 43.3. The van der Waals surface area contributed by atoms with Crippen molar-refractivity contribution < 1.29 is 8.78 Å². The van der Waals surface area contributed by atoms with E-state index < -0.39 is 0 Å². The summed E-state index contributed by atoms with van der Waals surface area (Å²) >= 11 is 0. The van der Waals surface area contributed by atoms with Gasteiger partial charge in [-0.15, -0.1) is 0 Å². The number of aryl methyl sites for hydroxylation is 2.